The lowest BCUT2D eigenvalue weighted by Gasteiger charge is -2.39. The van der Waals surface area contributed by atoms with Gasteiger partial charge in [-0.15, -0.1) is 11.3 Å². The summed E-state index contributed by atoms with van der Waals surface area (Å²) in [6, 6.07) is 7.34. The van der Waals surface area contributed by atoms with Gasteiger partial charge < -0.3 is 9.57 Å². The minimum absolute atomic E-state index is 0.149. The van der Waals surface area contributed by atoms with Crippen LogP contribution in [0.1, 0.15) is 77.3 Å². The molecule has 0 saturated carbocycles. The summed E-state index contributed by atoms with van der Waals surface area (Å²) in [6.07, 6.45) is 2.35. The van der Waals surface area contributed by atoms with Crippen molar-refractivity contribution in [3.63, 3.8) is 0 Å². The third-order valence-electron chi connectivity index (χ3n) is 5.79. The molecule has 5 heteroatoms. The second-order valence-electron chi connectivity index (χ2n) is 8.72. The van der Waals surface area contributed by atoms with Crippen LogP contribution in [-0.4, -0.2) is 25.9 Å². The summed E-state index contributed by atoms with van der Waals surface area (Å²) in [7, 11) is 2.95. The lowest BCUT2D eigenvalue weighted by atomic mass is 9.66. The predicted octanol–water partition coefficient (Wildman–Crippen LogP) is 5.59. The van der Waals surface area contributed by atoms with Gasteiger partial charge in [-0.1, -0.05) is 45.0 Å². The van der Waals surface area contributed by atoms with Crippen LogP contribution in [-0.2, 0) is 20.4 Å². The van der Waals surface area contributed by atoms with E-state index in [0.717, 1.165) is 16.2 Å². The Morgan fingerprint density at radius 1 is 1.00 bits per heavy atom. The summed E-state index contributed by atoms with van der Waals surface area (Å²) < 4.78 is 4.80. The maximum Gasteiger partial charge on any atom is 0.337 e. The smallest absolute Gasteiger partial charge is 0.337 e. The van der Waals surface area contributed by atoms with Crippen LogP contribution in [0, 0.1) is 6.92 Å². The van der Waals surface area contributed by atoms with Gasteiger partial charge in [0.1, 0.15) is 12.8 Å². The van der Waals surface area contributed by atoms with E-state index in [4.69, 9.17) is 9.57 Å². The number of esters is 1. The van der Waals surface area contributed by atoms with Gasteiger partial charge in [-0.3, -0.25) is 0 Å². The monoisotopic (exact) mass is 399 g/mol. The fourth-order valence-corrected chi connectivity index (χ4v) is 5.71. The minimum atomic E-state index is -0.344. The van der Waals surface area contributed by atoms with E-state index in [9.17, 15) is 4.79 Å². The van der Waals surface area contributed by atoms with Crippen molar-refractivity contribution in [2.45, 2.75) is 58.3 Å². The van der Waals surface area contributed by atoms with E-state index in [-0.39, 0.29) is 16.8 Å². The number of hydrogen-bond acceptors (Lipinski definition) is 5. The second kappa shape index (κ2) is 7.36. The summed E-state index contributed by atoms with van der Waals surface area (Å²) >= 11 is 1.83. The van der Waals surface area contributed by atoms with Crippen LogP contribution in [0.4, 0.5) is 0 Å². The zero-order valence-corrected chi connectivity index (χ0v) is 18.6. The molecule has 0 spiro atoms. The van der Waals surface area contributed by atoms with Crippen LogP contribution in [0.2, 0.25) is 0 Å². The molecule has 0 radical (unpaired) electrons. The molecule has 0 fully saturated rings. The lowest BCUT2D eigenvalue weighted by molar-refractivity contribution is 0.0600. The van der Waals surface area contributed by atoms with Crippen LogP contribution >= 0.6 is 11.3 Å². The number of rotatable bonds is 4. The largest absolute Gasteiger partial charge is 0.465 e. The first-order chi connectivity index (χ1) is 13.1. The normalized spacial score (nSPS) is 17.8. The molecule has 1 aliphatic rings. The van der Waals surface area contributed by atoms with E-state index in [2.05, 4.69) is 39.8 Å². The molecule has 0 unspecified atom stereocenters. The SMILES string of the molecule is CO/N=C(/c1ccc(C(=O)OC)cc1)c1sc2c(c1C)C(C)(C)CCC2(C)C. The highest BCUT2D eigenvalue weighted by Crippen LogP contribution is 2.51. The van der Waals surface area contributed by atoms with E-state index in [1.54, 1.807) is 19.2 Å². The number of nitrogens with zero attached hydrogens (tertiary/aromatic N) is 1. The molecule has 2 aromatic rings. The third kappa shape index (κ3) is 3.48. The molecule has 1 heterocycles. The second-order valence-corrected chi connectivity index (χ2v) is 9.74. The molecule has 3 rings (SSSR count). The molecular weight excluding hydrogens is 370 g/mol. The topological polar surface area (TPSA) is 47.9 Å². The fraction of sp³-hybridized carbons (Fsp3) is 0.478. The molecule has 0 amide bonds. The summed E-state index contributed by atoms with van der Waals surface area (Å²) in [4.78, 5) is 19.5. The van der Waals surface area contributed by atoms with Gasteiger partial charge in [0.25, 0.3) is 0 Å². The van der Waals surface area contributed by atoms with Crippen molar-refractivity contribution in [3.8, 4) is 0 Å². The minimum Gasteiger partial charge on any atom is -0.465 e. The molecule has 0 saturated heterocycles. The van der Waals surface area contributed by atoms with Gasteiger partial charge in [0.2, 0.25) is 0 Å². The quantitative estimate of drug-likeness (QED) is 0.382. The number of methoxy groups -OCH3 is 1. The Bertz CT molecular complexity index is 920. The van der Waals surface area contributed by atoms with Crippen molar-refractivity contribution < 1.29 is 14.4 Å². The van der Waals surface area contributed by atoms with Crippen molar-refractivity contribution in [2.24, 2.45) is 5.16 Å². The summed E-state index contributed by atoms with van der Waals surface area (Å²) in [6.45, 7) is 11.5. The van der Waals surface area contributed by atoms with Gasteiger partial charge >= 0.3 is 5.97 Å². The number of carbonyl (C=O) groups excluding carboxylic acids is 1. The van der Waals surface area contributed by atoms with Crippen molar-refractivity contribution in [2.75, 3.05) is 14.2 Å². The van der Waals surface area contributed by atoms with Gasteiger partial charge in [0.15, 0.2) is 0 Å². The molecule has 1 aliphatic carbocycles. The van der Waals surface area contributed by atoms with Crippen LogP contribution in [0.25, 0.3) is 0 Å². The first-order valence-electron chi connectivity index (χ1n) is 9.57. The van der Waals surface area contributed by atoms with Gasteiger partial charge in [-0.25, -0.2) is 4.79 Å². The number of benzene rings is 1. The van der Waals surface area contributed by atoms with E-state index < -0.39 is 0 Å². The van der Waals surface area contributed by atoms with Crippen molar-refractivity contribution in [1.82, 2.24) is 0 Å². The highest BCUT2D eigenvalue weighted by atomic mass is 32.1. The average molecular weight is 400 g/mol. The predicted molar refractivity (Wildman–Crippen MR) is 115 cm³/mol. The molecule has 4 nitrogen and oxygen atoms in total. The van der Waals surface area contributed by atoms with E-state index >= 15 is 0 Å². The number of thiophene rings is 1. The van der Waals surface area contributed by atoms with Gasteiger partial charge in [0, 0.05) is 10.4 Å². The zero-order chi connectivity index (χ0) is 20.7. The van der Waals surface area contributed by atoms with E-state index in [1.165, 1.54) is 36.0 Å². The molecule has 0 aliphatic heterocycles. The lowest BCUT2D eigenvalue weighted by Crippen LogP contribution is -2.32. The van der Waals surface area contributed by atoms with Crippen LogP contribution < -0.4 is 0 Å². The van der Waals surface area contributed by atoms with E-state index in [1.807, 2.05) is 23.5 Å². The van der Waals surface area contributed by atoms with Crippen molar-refractivity contribution in [3.05, 3.63) is 56.3 Å². The Hall–Kier alpha value is -2.14. The zero-order valence-electron chi connectivity index (χ0n) is 17.8. The van der Waals surface area contributed by atoms with Crippen LogP contribution in [0.5, 0.6) is 0 Å². The van der Waals surface area contributed by atoms with Crippen molar-refractivity contribution in [1.29, 1.82) is 0 Å². The molecule has 0 bridgehead atoms. The maximum absolute atomic E-state index is 11.7. The Morgan fingerprint density at radius 3 is 2.11 bits per heavy atom. The summed E-state index contributed by atoms with van der Waals surface area (Å²) in [5.41, 5.74) is 5.30. The molecule has 150 valence electrons. The average Bonchev–Trinajstić information content (AvgIpc) is 3.02. The highest BCUT2D eigenvalue weighted by molar-refractivity contribution is 7.15. The number of ether oxygens (including phenoxy) is 1. The van der Waals surface area contributed by atoms with E-state index in [0.29, 0.717) is 5.56 Å². The van der Waals surface area contributed by atoms with Gasteiger partial charge in [-0.05, 0) is 53.9 Å². The molecule has 0 N–H and O–H groups in total. The number of oxime groups is 1. The Balaban J connectivity index is 2.14. The standard InChI is InChI=1S/C23H29NO3S/c1-14-17-20(23(4,5)13-12-22(17,2)3)28-19(14)18(24-27-7)15-8-10-16(11-9-15)21(25)26-6/h8-11H,12-13H2,1-7H3/b24-18-. The Labute approximate surface area is 171 Å². The Kier molecular flexibility index (Phi) is 5.41. The number of fused-ring (bicyclic) bond motifs is 1. The molecule has 1 aromatic carbocycles. The molecule has 0 atom stereocenters. The van der Waals surface area contributed by atoms with Gasteiger partial charge in [0.05, 0.1) is 17.6 Å². The van der Waals surface area contributed by atoms with Crippen molar-refractivity contribution >= 4 is 23.0 Å². The van der Waals surface area contributed by atoms with Gasteiger partial charge in [-0.2, -0.15) is 0 Å². The molecular formula is C23H29NO3S. The van der Waals surface area contributed by atoms with Crippen LogP contribution in [0.15, 0.2) is 29.4 Å². The molecule has 28 heavy (non-hydrogen) atoms. The molecule has 1 aromatic heterocycles. The first kappa shape index (κ1) is 20.6. The third-order valence-corrected chi connectivity index (χ3v) is 7.45. The maximum atomic E-state index is 11.7. The number of hydrogen-bond donors (Lipinski definition) is 0. The van der Waals surface area contributed by atoms with Crippen LogP contribution in [0.3, 0.4) is 0 Å². The fourth-order valence-electron chi connectivity index (χ4n) is 4.09. The summed E-state index contributed by atoms with van der Waals surface area (Å²) in [5.74, 6) is -0.344. The summed E-state index contributed by atoms with van der Waals surface area (Å²) in [5, 5.41) is 4.37. The first-order valence-corrected chi connectivity index (χ1v) is 10.4. The highest BCUT2D eigenvalue weighted by Gasteiger charge is 2.41. The number of carbonyl (C=O) groups is 1. The Morgan fingerprint density at radius 2 is 1.57 bits per heavy atom.